The van der Waals surface area contributed by atoms with Crippen molar-refractivity contribution in [2.45, 2.75) is 19.9 Å². The molecular formula is C12H18Br2N4O. The lowest BCUT2D eigenvalue weighted by molar-refractivity contribution is 0.185. The highest BCUT2D eigenvalue weighted by atomic mass is 79.9. The zero-order valence-electron chi connectivity index (χ0n) is 11.1. The van der Waals surface area contributed by atoms with Crippen LogP contribution in [-0.2, 0) is 4.74 Å². The lowest BCUT2D eigenvalue weighted by Crippen LogP contribution is -2.37. The molecule has 1 rings (SSSR count). The van der Waals surface area contributed by atoms with Crippen LogP contribution < -0.4 is 16.6 Å². The lowest BCUT2D eigenvalue weighted by Gasteiger charge is -2.15. The Kier molecular flexibility index (Phi) is 6.78. The second-order valence-corrected chi connectivity index (χ2v) is 5.86. The van der Waals surface area contributed by atoms with E-state index in [4.69, 9.17) is 10.6 Å². The van der Waals surface area contributed by atoms with Crippen molar-refractivity contribution in [3.05, 3.63) is 26.6 Å². The van der Waals surface area contributed by atoms with Crippen molar-refractivity contribution in [3.63, 3.8) is 0 Å². The Bertz CT molecular complexity index is 442. The minimum Gasteiger partial charge on any atom is -0.382 e. The molecule has 7 heteroatoms. The first kappa shape index (κ1) is 16.4. The molecule has 0 fully saturated rings. The average Bonchev–Trinajstić information content (AvgIpc) is 2.32. The van der Waals surface area contributed by atoms with Crippen molar-refractivity contribution < 1.29 is 4.74 Å². The minimum atomic E-state index is 0.00606. The number of guanidine groups is 1. The van der Waals surface area contributed by atoms with Crippen LogP contribution in [0.4, 0.5) is 5.69 Å². The molecule has 1 aromatic rings. The zero-order chi connectivity index (χ0) is 14.4. The summed E-state index contributed by atoms with van der Waals surface area (Å²) in [6, 6.07) is 4.03. The van der Waals surface area contributed by atoms with Crippen LogP contribution in [0.5, 0.6) is 0 Å². The number of hydrazine groups is 1. The molecule has 0 aromatic heterocycles. The van der Waals surface area contributed by atoms with Gasteiger partial charge in [-0.2, -0.15) is 0 Å². The molecule has 0 heterocycles. The van der Waals surface area contributed by atoms with Gasteiger partial charge in [-0.1, -0.05) is 0 Å². The molecule has 1 unspecified atom stereocenters. The Morgan fingerprint density at radius 1 is 1.42 bits per heavy atom. The second-order valence-electron chi connectivity index (χ2n) is 4.15. The van der Waals surface area contributed by atoms with Crippen LogP contribution in [0.1, 0.15) is 12.5 Å². The predicted octanol–water partition coefficient (Wildman–Crippen LogP) is 2.79. The van der Waals surface area contributed by atoms with Gasteiger partial charge in [-0.05, 0) is 63.4 Å². The first-order valence-corrected chi connectivity index (χ1v) is 7.32. The number of rotatable bonds is 4. The van der Waals surface area contributed by atoms with E-state index >= 15 is 0 Å². The minimum absolute atomic E-state index is 0.00606. The maximum absolute atomic E-state index is 5.48. The number of halogens is 2. The summed E-state index contributed by atoms with van der Waals surface area (Å²) in [5.74, 6) is 5.96. The third kappa shape index (κ3) is 5.10. The third-order valence-corrected chi connectivity index (χ3v) is 3.57. The van der Waals surface area contributed by atoms with Crippen LogP contribution in [-0.4, -0.2) is 25.7 Å². The quantitative estimate of drug-likeness (QED) is 0.318. The summed E-state index contributed by atoms with van der Waals surface area (Å²) in [6.07, 6.45) is 0. The summed E-state index contributed by atoms with van der Waals surface area (Å²) in [6.45, 7) is 4.50. The molecule has 0 aliphatic rings. The fraction of sp³-hybridized carbons (Fsp3) is 0.417. The molecule has 0 amide bonds. The first-order valence-electron chi connectivity index (χ1n) is 5.74. The number of nitrogens with zero attached hydrogens (tertiary/aromatic N) is 1. The van der Waals surface area contributed by atoms with Crippen molar-refractivity contribution in [1.82, 2.24) is 5.43 Å². The predicted molar refractivity (Wildman–Crippen MR) is 86.3 cm³/mol. The number of nitrogens with one attached hydrogen (secondary N) is 2. The number of benzene rings is 1. The highest BCUT2D eigenvalue weighted by Gasteiger charge is 2.09. The van der Waals surface area contributed by atoms with Gasteiger partial charge in [0, 0.05) is 16.1 Å². The van der Waals surface area contributed by atoms with Gasteiger partial charge in [-0.15, -0.1) is 0 Å². The molecule has 1 atom stereocenters. The van der Waals surface area contributed by atoms with Gasteiger partial charge in [0.2, 0.25) is 5.96 Å². The first-order chi connectivity index (χ1) is 8.97. The Labute approximate surface area is 130 Å². The number of nitrogens with two attached hydrogens (primary N) is 1. The topological polar surface area (TPSA) is 71.7 Å². The van der Waals surface area contributed by atoms with Crippen molar-refractivity contribution in [2.75, 3.05) is 19.0 Å². The average molecular weight is 394 g/mol. The maximum Gasteiger partial charge on any atom is 0.210 e. The van der Waals surface area contributed by atoms with E-state index in [0.717, 1.165) is 20.2 Å². The normalized spacial score (nSPS) is 13.3. The van der Waals surface area contributed by atoms with Gasteiger partial charge in [0.15, 0.2) is 0 Å². The molecule has 1 aromatic carbocycles. The van der Waals surface area contributed by atoms with Crippen molar-refractivity contribution in [3.8, 4) is 0 Å². The van der Waals surface area contributed by atoms with Gasteiger partial charge in [-0.3, -0.25) is 5.43 Å². The number of hydrogen-bond donors (Lipinski definition) is 3. The zero-order valence-corrected chi connectivity index (χ0v) is 14.3. The van der Waals surface area contributed by atoms with Crippen LogP contribution in [0, 0.1) is 6.92 Å². The Morgan fingerprint density at radius 3 is 2.47 bits per heavy atom. The molecule has 0 bridgehead atoms. The van der Waals surface area contributed by atoms with Crippen LogP contribution in [0.3, 0.4) is 0 Å². The molecule has 5 nitrogen and oxygen atoms in total. The summed E-state index contributed by atoms with van der Waals surface area (Å²) in [5.41, 5.74) is 4.57. The fourth-order valence-corrected chi connectivity index (χ4v) is 3.16. The van der Waals surface area contributed by atoms with E-state index in [1.54, 1.807) is 7.11 Å². The molecule has 0 aliphatic heterocycles. The third-order valence-electron chi connectivity index (χ3n) is 2.32. The highest BCUT2D eigenvalue weighted by molar-refractivity contribution is 9.11. The standard InChI is InChI=1S/C12H18Br2N4O/c1-7-4-9(13)11(10(14)5-7)17-12(18-15)16-8(2)6-19-3/h4-5,8H,6,15H2,1-3H3,(H2,16,17,18). The Balaban J connectivity index is 2.93. The van der Waals surface area contributed by atoms with Gasteiger partial charge in [0.1, 0.15) is 0 Å². The number of aliphatic imine (C=N–C) groups is 1. The van der Waals surface area contributed by atoms with Gasteiger partial charge in [0.25, 0.3) is 0 Å². The fourth-order valence-electron chi connectivity index (χ4n) is 1.54. The molecule has 19 heavy (non-hydrogen) atoms. The van der Waals surface area contributed by atoms with E-state index in [0.29, 0.717) is 12.6 Å². The Morgan fingerprint density at radius 2 is 2.00 bits per heavy atom. The molecule has 4 N–H and O–H groups in total. The van der Waals surface area contributed by atoms with Crippen molar-refractivity contribution >= 4 is 43.5 Å². The van der Waals surface area contributed by atoms with E-state index < -0.39 is 0 Å². The summed E-state index contributed by atoms with van der Waals surface area (Å²) in [5, 5.41) is 3.15. The molecule has 0 spiro atoms. The number of methoxy groups -OCH3 is 1. The second kappa shape index (κ2) is 7.84. The summed E-state index contributed by atoms with van der Waals surface area (Å²) in [7, 11) is 1.64. The van der Waals surface area contributed by atoms with Crippen molar-refractivity contribution in [1.29, 1.82) is 0 Å². The van der Waals surface area contributed by atoms with Crippen LogP contribution in [0.25, 0.3) is 0 Å². The number of aryl methyl sites for hydroxylation is 1. The molecule has 0 saturated carbocycles. The molecular weight excluding hydrogens is 376 g/mol. The summed E-state index contributed by atoms with van der Waals surface area (Å²) >= 11 is 7.02. The maximum atomic E-state index is 5.48. The largest absolute Gasteiger partial charge is 0.382 e. The van der Waals surface area contributed by atoms with E-state index in [2.05, 4.69) is 47.6 Å². The number of hydrogen-bond acceptors (Lipinski definition) is 3. The number of ether oxygens (including phenoxy) is 1. The van der Waals surface area contributed by atoms with Gasteiger partial charge >= 0.3 is 0 Å². The van der Waals surface area contributed by atoms with E-state index in [9.17, 15) is 0 Å². The lowest BCUT2D eigenvalue weighted by atomic mass is 10.2. The number of anilines is 1. The van der Waals surface area contributed by atoms with E-state index in [1.807, 2.05) is 26.0 Å². The SMILES string of the molecule is COCC(C)N=C(NN)Nc1c(Br)cc(C)cc1Br. The van der Waals surface area contributed by atoms with Gasteiger partial charge in [0.05, 0.1) is 18.3 Å². The van der Waals surface area contributed by atoms with Gasteiger partial charge < -0.3 is 10.1 Å². The van der Waals surface area contributed by atoms with Crippen LogP contribution in [0.15, 0.2) is 26.1 Å². The monoisotopic (exact) mass is 392 g/mol. The smallest absolute Gasteiger partial charge is 0.210 e. The Hall–Kier alpha value is -0.630. The van der Waals surface area contributed by atoms with Gasteiger partial charge in [-0.25, -0.2) is 10.8 Å². The molecule has 0 saturated heterocycles. The van der Waals surface area contributed by atoms with Crippen LogP contribution >= 0.6 is 31.9 Å². The summed E-state index contributed by atoms with van der Waals surface area (Å²) < 4.78 is 6.90. The summed E-state index contributed by atoms with van der Waals surface area (Å²) in [4.78, 5) is 4.39. The molecule has 106 valence electrons. The van der Waals surface area contributed by atoms with E-state index in [-0.39, 0.29) is 6.04 Å². The highest BCUT2D eigenvalue weighted by Crippen LogP contribution is 2.32. The van der Waals surface area contributed by atoms with Crippen LogP contribution in [0.2, 0.25) is 0 Å². The molecule has 0 radical (unpaired) electrons. The van der Waals surface area contributed by atoms with Crippen molar-refractivity contribution in [2.24, 2.45) is 10.8 Å². The molecule has 0 aliphatic carbocycles. The van der Waals surface area contributed by atoms with E-state index in [1.165, 1.54) is 0 Å².